The van der Waals surface area contributed by atoms with Gasteiger partial charge in [-0.2, -0.15) is 9.97 Å². The largest absolute Gasteiger partial charge is 0.469 e. The van der Waals surface area contributed by atoms with Crippen molar-refractivity contribution < 1.29 is 14.3 Å². The van der Waals surface area contributed by atoms with Crippen LogP contribution in [0.4, 0.5) is 11.6 Å². The summed E-state index contributed by atoms with van der Waals surface area (Å²) < 4.78 is 10.1. The molecule has 0 bridgehead atoms. The van der Waals surface area contributed by atoms with E-state index in [9.17, 15) is 4.79 Å². The second-order valence-electron chi connectivity index (χ2n) is 6.80. The molecule has 1 fully saturated rings. The molecule has 0 spiro atoms. The molecular weight excluding hydrogens is 415 g/mol. The normalized spacial score (nSPS) is 14.6. The van der Waals surface area contributed by atoms with Crippen LogP contribution in [-0.2, 0) is 16.0 Å². The van der Waals surface area contributed by atoms with Crippen LogP contribution in [0.5, 0.6) is 6.01 Å². The van der Waals surface area contributed by atoms with Crippen LogP contribution in [0.1, 0.15) is 18.4 Å². The number of piperidine rings is 1. The summed E-state index contributed by atoms with van der Waals surface area (Å²) in [5, 5.41) is 4.57. The molecule has 1 saturated heterocycles. The molecule has 0 aliphatic carbocycles. The van der Waals surface area contributed by atoms with Crippen LogP contribution in [0.3, 0.4) is 0 Å². The number of nitrogens with one attached hydrogen (secondary N) is 1. The number of anilines is 2. The van der Waals surface area contributed by atoms with Gasteiger partial charge in [0.25, 0.3) is 0 Å². The molecule has 1 aliphatic rings. The second-order valence-corrected chi connectivity index (χ2v) is 7.64. The molecule has 3 rings (SSSR count). The minimum Gasteiger partial charge on any atom is -0.469 e. The summed E-state index contributed by atoms with van der Waals surface area (Å²) in [5.41, 5.74) is 1.01. The Hall–Kier alpha value is -2.25. The highest BCUT2D eigenvalue weighted by atomic mass is 35.5. The van der Waals surface area contributed by atoms with Crippen molar-refractivity contribution >= 4 is 40.8 Å². The summed E-state index contributed by atoms with van der Waals surface area (Å²) in [6.45, 7) is 2.09. The zero-order chi connectivity index (χ0) is 20.8. The van der Waals surface area contributed by atoms with E-state index < -0.39 is 0 Å². The Balaban J connectivity index is 1.63. The Morgan fingerprint density at radius 1 is 1.21 bits per heavy atom. The summed E-state index contributed by atoms with van der Waals surface area (Å²) in [6.07, 6.45) is 2.19. The Morgan fingerprint density at radius 2 is 1.97 bits per heavy atom. The third-order valence-electron chi connectivity index (χ3n) is 4.94. The first-order chi connectivity index (χ1) is 14.0. The first-order valence-corrected chi connectivity index (χ1v) is 10.2. The standard InChI is InChI=1S/C20H24Cl2N4O3/c1-28-19(27)14-6-9-26(10-7-14)18-12-17(24-20(25-18)29-2)23-8-5-13-3-4-15(21)11-16(13)22/h3-4,11-12,14H,5-10H2,1-2H3,(H,23,24,25). The number of aromatic nitrogens is 2. The molecule has 7 nitrogen and oxygen atoms in total. The van der Waals surface area contributed by atoms with Gasteiger partial charge in [-0.15, -0.1) is 0 Å². The number of hydrogen-bond acceptors (Lipinski definition) is 7. The number of hydrogen-bond donors (Lipinski definition) is 1. The highest BCUT2D eigenvalue weighted by Gasteiger charge is 2.26. The summed E-state index contributed by atoms with van der Waals surface area (Å²) in [4.78, 5) is 22.7. The number of ether oxygens (including phenoxy) is 2. The van der Waals surface area contributed by atoms with Crippen molar-refractivity contribution in [3.8, 4) is 6.01 Å². The van der Waals surface area contributed by atoms with Gasteiger partial charge in [0.1, 0.15) is 11.6 Å². The van der Waals surface area contributed by atoms with Gasteiger partial charge in [0.15, 0.2) is 0 Å². The van der Waals surface area contributed by atoms with Crippen molar-refractivity contribution in [3.63, 3.8) is 0 Å². The maximum atomic E-state index is 11.7. The molecule has 0 amide bonds. The lowest BCUT2D eigenvalue weighted by molar-refractivity contribution is -0.146. The van der Waals surface area contributed by atoms with E-state index in [0.717, 1.165) is 43.7 Å². The van der Waals surface area contributed by atoms with Crippen molar-refractivity contribution in [2.45, 2.75) is 19.3 Å². The number of rotatable bonds is 7. The zero-order valence-electron chi connectivity index (χ0n) is 16.5. The monoisotopic (exact) mass is 438 g/mol. The lowest BCUT2D eigenvalue weighted by Crippen LogP contribution is -2.37. The van der Waals surface area contributed by atoms with Crippen LogP contribution in [0.15, 0.2) is 24.3 Å². The first kappa shape index (κ1) is 21.5. The topological polar surface area (TPSA) is 76.6 Å². The van der Waals surface area contributed by atoms with E-state index in [0.29, 0.717) is 28.4 Å². The number of halogens is 2. The Kier molecular flexibility index (Phi) is 7.39. The average molecular weight is 439 g/mol. The average Bonchev–Trinajstić information content (AvgIpc) is 2.74. The van der Waals surface area contributed by atoms with Crippen LogP contribution in [0, 0.1) is 5.92 Å². The van der Waals surface area contributed by atoms with Crippen LogP contribution < -0.4 is 15.0 Å². The van der Waals surface area contributed by atoms with E-state index in [-0.39, 0.29) is 11.9 Å². The number of methoxy groups -OCH3 is 2. The third kappa shape index (κ3) is 5.64. The molecule has 2 heterocycles. The highest BCUT2D eigenvalue weighted by molar-refractivity contribution is 6.35. The van der Waals surface area contributed by atoms with Gasteiger partial charge >= 0.3 is 12.0 Å². The van der Waals surface area contributed by atoms with Crippen molar-refractivity contribution in [3.05, 3.63) is 39.9 Å². The van der Waals surface area contributed by atoms with Gasteiger partial charge in [-0.3, -0.25) is 4.79 Å². The fourth-order valence-electron chi connectivity index (χ4n) is 3.32. The summed E-state index contributed by atoms with van der Waals surface area (Å²) >= 11 is 12.2. The van der Waals surface area contributed by atoms with Gasteiger partial charge in [0.2, 0.25) is 0 Å². The number of carbonyl (C=O) groups excluding carboxylic acids is 1. The fourth-order valence-corrected chi connectivity index (χ4v) is 3.82. The minimum absolute atomic E-state index is 0.0540. The molecule has 1 N–H and O–H groups in total. The van der Waals surface area contributed by atoms with Crippen molar-refractivity contribution in [2.24, 2.45) is 5.92 Å². The first-order valence-electron chi connectivity index (χ1n) is 9.43. The zero-order valence-corrected chi connectivity index (χ0v) is 18.0. The fraction of sp³-hybridized carbons (Fsp3) is 0.450. The summed E-state index contributed by atoms with van der Waals surface area (Å²) in [5.74, 6) is 1.24. The molecular formula is C20H24Cl2N4O3. The Bertz CT molecular complexity index is 858. The Labute approximate surface area is 180 Å². The van der Waals surface area contributed by atoms with Crippen LogP contribution in [0.25, 0.3) is 0 Å². The van der Waals surface area contributed by atoms with E-state index in [4.69, 9.17) is 32.7 Å². The van der Waals surface area contributed by atoms with Crippen LogP contribution in [0.2, 0.25) is 10.0 Å². The lowest BCUT2D eigenvalue weighted by Gasteiger charge is -2.31. The quantitative estimate of drug-likeness (QED) is 0.657. The van der Waals surface area contributed by atoms with Gasteiger partial charge in [-0.05, 0) is 37.0 Å². The molecule has 1 aromatic carbocycles. The maximum Gasteiger partial charge on any atom is 0.320 e. The van der Waals surface area contributed by atoms with Crippen molar-refractivity contribution in [2.75, 3.05) is 44.1 Å². The molecule has 29 heavy (non-hydrogen) atoms. The summed E-state index contributed by atoms with van der Waals surface area (Å²) in [7, 11) is 2.97. The van der Waals surface area contributed by atoms with Crippen molar-refractivity contribution in [1.82, 2.24) is 9.97 Å². The molecule has 1 aliphatic heterocycles. The molecule has 0 radical (unpaired) electrons. The number of carbonyl (C=O) groups is 1. The molecule has 156 valence electrons. The van der Waals surface area contributed by atoms with Crippen LogP contribution in [-0.4, -0.2) is 49.8 Å². The predicted octanol–water partition coefficient (Wildman–Crippen LogP) is 3.84. The smallest absolute Gasteiger partial charge is 0.320 e. The van der Waals surface area contributed by atoms with Crippen LogP contribution >= 0.6 is 23.2 Å². The molecule has 0 atom stereocenters. The van der Waals surface area contributed by atoms with E-state index in [1.54, 1.807) is 13.2 Å². The lowest BCUT2D eigenvalue weighted by atomic mass is 9.97. The van der Waals surface area contributed by atoms with Gasteiger partial charge in [-0.1, -0.05) is 29.3 Å². The molecule has 2 aromatic rings. The van der Waals surface area contributed by atoms with Gasteiger partial charge in [-0.25, -0.2) is 0 Å². The van der Waals surface area contributed by atoms with E-state index >= 15 is 0 Å². The maximum absolute atomic E-state index is 11.7. The van der Waals surface area contributed by atoms with Gasteiger partial charge in [0, 0.05) is 35.7 Å². The van der Waals surface area contributed by atoms with Crippen molar-refractivity contribution in [1.29, 1.82) is 0 Å². The Morgan fingerprint density at radius 3 is 2.62 bits per heavy atom. The number of esters is 1. The number of nitrogens with zero attached hydrogens (tertiary/aromatic N) is 3. The molecule has 1 aromatic heterocycles. The van der Waals surface area contributed by atoms with E-state index in [1.807, 2.05) is 18.2 Å². The second kappa shape index (κ2) is 9.98. The summed E-state index contributed by atoms with van der Waals surface area (Å²) in [6, 6.07) is 7.67. The molecule has 9 heteroatoms. The van der Waals surface area contributed by atoms with E-state index in [2.05, 4.69) is 20.2 Å². The highest BCUT2D eigenvalue weighted by Crippen LogP contribution is 2.26. The molecule has 0 unspecified atom stereocenters. The predicted molar refractivity (Wildman–Crippen MR) is 114 cm³/mol. The van der Waals surface area contributed by atoms with E-state index in [1.165, 1.54) is 7.11 Å². The number of benzene rings is 1. The minimum atomic E-state index is -0.145. The third-order valence-corrected chi connectivity index (χ3v) is 5.53. The SMILES string of the molecule is COC(=O)C1CCN(c2cc(NCCc3ccc(Cl)cc3Cl)nc(OC)n2)CC1. The molecule has 0 saturated carbocycles. The van der Waals surface area contributed by atoms with Gasteiger partial charge in [0.05, 0.1) is 20.1 Å². The van der Waals surface area contributed by atoms with Gasteiger partial charge < -0.3 is 19.7 Å².